The first-order valence-corrected chi connectivity index (χ1v) is 11.4. The third-order valence-corrected chi connectivity index (χ3v) is 7.54. The van der Waals surface area contributed by atoms with Crippen LogP contribution in [-0.4, -0.2) is 16.6 Å². The van der Waals surface area contributed by atoms with Crippen LogP contribution in [0, 0.1) is 5.92 Å². The Morgan fingerprint density at radius 1 is 1.23 bits per heavy atom. The molecule has 30 heavy (non-hydrogen) atoms. The van der Waals surface area contributed by atoms with E-state index in [1.54, 1.807) is 6.07 Å². The summed E-state index contributed by atoms with van der Waals surface area (Å²) in [6.45, 7) is 4.53. The van der Waals surface area contributed by atoms with E-state index in [1.807, 2.05) is 24.3 Å². The van der Waals surface area contributed by atoms with E-state index < -0.39 is 5.60 Å². The Bertz CT molecular complexity index is 940. The zero-order valence-corrected chi connectivity index (χ0v) is 18.2. The Labute approximate surface area is 179 Å². The van der Waals surface area contributed by atoms with Gasteiger partial charge in [-0.3, -0.25) is 4.79 Å². The second kappa shape index (κ2) is 8.07. The number of amides is 1. The smallest absolute Gasteiger partial charge is 0.255 e. The number of nitrogens with two attached hydrogens (primary N) is 1. The van der Waals surface area contributed by atoms with Gasteiger partial charge in [-0.25, -0.2) is 0 Å². The minimum Gasteiger partial charge on any atom is -0.397 e. The van der Waals surface area contributed by atoms with Gasteiger partial charge in [0.1, 0.15) is 0 Å². The fourth-order valence-electron chi connectivity index (χ4n) is 5.79. The molecule has 0 aromatic heterocycles. The van der Waals surface area contributed by atoms with Crippen LogP contribution >= 0.6 is 0 Å². The lowest BCUT2D eigenvalue weighted by Crippen LogP contribution is -2.46. The van der Waals surface area contributed by atoms with Gasteiger partial charge >= 0.3 is 0 Å². The van der Waals surface area contributed by atoms with Crippen LogP contribution in [-0.2, 0) is 11.8 Å². The number of nitrogens with one attached hydrogen (secondary N) is 1. The fourth-order valence-corrected chi connectivity index (χ4v) is 5.79. The van der Waals surface area contributed by atoms with Gasteiger partial charge in [0.15, 0.2) is 0 Å². The second-order valence-electron chi connectivity index (χ2n) is 9.60. The quantitative estimate of drug-likeness (QED) is 0.591. The van der Waals surface area contributed by atoms with Crippen molar-refractivity contribution in [1.29, 1.82) is 0 Å². The molecule has 2 aliphatic carbocycles. The topological polar surface area (TPSA) is 75.3 Å². The number of para-hydroxylation sites is 2. The summed E-state index contributed by atoms with van der Waals surface area (Å²) in [6.07, 6.45) is 7.92. The molecule has 0 bridgehead atoms. The van der Waals surface area contributed by atoms with E-state index in [1.165, 1.54) is 11.1 Å². The average molecular weight is 407 g/mol. The predicted octanol–water partition coefficient (Wildman–Crippen LogP) is 5.45. The van der Waals surface area contributed by atoms with Crippen molar-refractivity contribution in [3.63, 3.8) is 0 Å². The standard InChI is InChI=1S/C26H34N2O2/c1-3-13-26(30)15-14-25(2)20(17-26)8-6-7-18-16-19(11-12-21(18)25)24(29)28-23-10-5-4-9-22(23)27/h4-5,9-12,16,20,30H,3,6-8,13-15,17,27H2,1-2H3,(H,28,29)/t20-,25?,26+/m0/s1. The number of aryl methyl sites for hydroxylation is 1. The van der Waals surface area contributed by atoms with E-state index >= 15 is 0 Å². The molecule has 160 valence electrons. The van der Waals surface area contributed by atoms with Gasteiger partial charge in [-0.2, -0.15) is 0 Å². The van der Waals surface area contributed by atoms with Crippen molar-refractivity contribution in [2.75, 3.05) is 11.1 Å². The lowest BCUT2D eigenvalue weighted by molar-refractivity contribution is -0.0497. The molecule has 4 nitrogen and oxygen atoms in total. The minimum absolute atomic E-state index is 0.0741. The van der Waals surface area contributed by atoms with Gasteiger partial charge in [0.2, 0.25) is 0 Å². The fraction of sp³-hybridized carbons (Fsp3) is 0.500. The Morgan fingerprint density at radius 3 is 2.80 bits per heavy atom. The minimum atomic E-state index is -0.501. The van der Waals surface area contributed by atoms with Gasteiger partial charge in [0.25, 0.3) is 5.91 Å². The molecule has 0 saturated heterocycles. The number of nitrogen functional groups attached to an aromatic ring is 1. The van der Waals surface area contributed by atoms with E-state index in [0.29, 0.717) is 22.9 Å². The largest absolute Gasteiger partial charge is 0.397 e. The number of hydrogen-bond acceptors (Lipinski definition) is 3. The van der Waals surface area contributed by atoms with Crippen molar-refractivity contribution in [3.05, 3.63) is 59.2 Å². The third kappa shape index (κ3) is 3.85. The molecule has 0 aliphatic heterocycles. The van der Waals surface area contributed by atoms with E-state index in [0.717, 1.165) is 51.4 Å². The number of carbonyl (C=O) groups excluding carboxylic acids is 1. The number of anilines is 2. The summed E-state index contributed by atoms with van der Waals surface area (Å²) < 4.78 is 0. The zero-order valence-electron chi connectivity index (χ0n) is 18.2. The molecular formula is C26H34N2O2. The molecule has 1 fully saturated rings. The summed E-state index contributed by atoms with van der Waals surface area (Å²) in [7, 11) is 0. The third-order valence-electron chi connectivity index (χ3n) is 7.54. The molecule has 3 atom stereocenters. The highest BCUT2D eigenvalue weighted by Crippen LogP contribution is 2.52. The average Bonchev–Trinajstić information content (AvgIpc) is 2.86. The number of hydrogen-bond donors (Lipinski definition) is 3. The number of benzene rings is 2. The van der Waals surface area contributed by atoms with Crippen molar-refractivity contribution in [2.24, 2.45) is 5.92 Å². The summed E-state index contributed by atoms with van der Waals surface area (Å²) in [5, 5.41) is 14.0. The van der Waals surface area contributed by atoms with Gasteiger partial charge in [-0.1, -0.05) is 38.5 Å². The maximum absolute atomic E-state index is 12.9. The molecule has 0 heterocycles. The molecule has 1 amide bonds. The maximum atomic E-state index is 12.9. The van der Waals surface area contributed by atoms with Crippen LogP contribution in [0.15, 0.2) is 42.5 Å². The molecule has 2 aromatic rings. The van der Waals surface area contributed by atoms with Crippen molar-refractivity contribution < 1.29 is 9.90 Å². The molecule has 2 aliphatic rings. The van der Waals surface area contributed by atoms with Crippen LogP contribution in [0.5, 0.6) is 0 Å². The molecular weight excluding hydrogens is 372 g/mol. The first-order chi connectivity index (χ1) is 14.3. The van der Waals surface area contributed by atoms with E-state index in [2.05, 4.69) is 31.3 Å². The molecule has 1 saturated carbocycles. The lowest BCUT2D eigenvalue weighted by atomic mass is 9.58. The van der Waals surface area contributed by atoms with Crippen molar-refractivity contribution >= 4 is 17.3 Å². The SMILES string of the molecule is CCC[C@@]1(O)CCC2(C)c3ccc(C(=O)Nc4ccccc4N)cc3CCC[C@H]2C1. The molecule has 4 rings (SSSR count). The van der Waals surface area contributed by atoms with Crippen molar-refractivity contribution in [1.82, 2.24) is 0 Å². The van der Waals surface area contributed by atoms with Crippen LogP contribution in [0.25, 0.3) is 0 Å². The van der Waals surface area contributed by atoms with Gasteiger partial charge < -0.3 is 16.2 Å². The zero-order chi connectivity index (χ0) is 21.4. The Hall–Kier alpha value is -2.33. The second-order valence-corrected chi connectivity index (χ2v) is 9.60. The monoisotopic (exact) mass is 406 g/mol. The van der Waals surface area contributed by atoms with Crippen LogP contribution < -0.4 is 11.1 Å². The van der Waals surface area contributed by atoms with Crippen LogP contribution in [0.4, 0.5) is 11.4 Å². The highest BCUT2D eigenvalue weighted by molar-refractivity contribution is 6.05. The molecule has 4 N–H and O–H groups in total. The van der Waals surface area contributed by atoms with E-state index in [-0.39, 0.29) is 11.3 Å². The molecule has 2 aromatic carbocycles. The van der Waals surface area contributed by atoms with Crippen LogP contribution in [0.1, 0.15) is 80.3 Å². The maximum Gasteiger partial charge on any atom is 0.255 e. The van der Waals surface area contributed by atoms with E-state index in [4.69, 9.17) is 5.73 Å². The summed E-state index contributed by atoms with van der Waals surface area (Å²) >= 11 is 0. The highest BCUT2D eigenvalue weighted by atomic mass is 16.3. The molecule has 4 heteroatoms. The highest BCUT2D eigenvalue weighted by Gasteiger charge is 2.47. The lowest BCUT2D eigenvalue weighted by Gasteiger charge is -2.48. The number of fused-ring (bicyclic) bond motifs is 3. The van der Waals surface area contributed by atoms with Crippen molar-refractivity contribution in [2.45, 2.75) is 76.2 Å². The summed E-state index contributed by atoms with van der Waals surface area (Å²) in [6, 6.07) is 13.5. The number of aliphatic hydroxyl groups is 1. The van der Waals surface area contributed by atoms with Gasteiger partial charge in [0, 0.05) is 5.56 Å². The summed E-state index contributed by atoms with van der Waals surface area (Å²) in [5.41, 5.74) is 10.1. The van der Waals surface area contributed by atoms with Crippen LogP contribution in [0.3, 0.4) is 0 Å². The summed E-state index contributed by atoms with van der Waals surface area (Å²) in [5.74, 6) is 0.371. The predicted molar refractivity (Wildman–Crippen MR) is 123 cm³/mol. The number of rotatable bonds is 4. The number of carbonyl (C=O) groups is 1. The normalized spacial score (nSPS) is 28.2. The van der Waals surface area contributed by atoms with Gasteiger partial charge in [-0.05, 0) is 91.7 Å². The Kier molecular flexibility index (Phi) is 5.63. The molecule has 1 unspecified atom stereocenters. The first-order valence-electron chi connectivity index (χ1n) is 11.4. The van der Waals surface area contributed by atoms with E-state index in [9.17, 15) is 9.90 Å². The summed E-state index contributed by atoms with van der Waals surface area (Å²) in [4.78, 5) is 12.9. The van der Waals surface area contributed by atoms with Crippen molar-refractivity contribution in [3.8, 4) is 0 Å². The van der Waals surface area contributed by atoms with Crippen LogP contribution in [0.2, 0.25) is 0 Å². The van der Waals surface area contributed by atoms with Gasteiger partial charge in [0.05, 0.1) is 17.0 Å². The Morgan fingerprint density at radius 2 is 2.03 bits per heavy atom. The Balaban J connectivity index is 1.60. The first kappa shape index (κ1) is 20.9. The molecule has 0 spiro atoms. The molecule has 0 radical (unpaired) electrons. The van der Waals surface area contributed by atoms with Gasteiger partial charge in [-0.15, -0.1) is 0 Å².